The molecule has 14 heteroatoms. The predicted molar refractivity (Wildman–Crippen MR) is 250 cm³/mol. The van der Waals surface area contributed by atoms with Gasteiger partial charge >= 0.3 is 5.97 Å². The summed E-state index contributed by atoms with van der Waals surface area (Å²) in [5.74, 6) is -1.46. The third kappa shape index (κ3) is 8.81. The molecule has 4 heterocycles. The van der Waals surface area contributed by atoms with Crippen LogP contribution < -0.4 is 10.6 Å². The molecule has 2 saturated heterocycles. The van der Waals surface area contributed by atoms with E-state index in [1.165, 1.54) is 28.0 Å². The molecule has 0 aliphatic carbocycles. The number of amides is 2. The lowest BCUT2D eigenvalue weighted by atomic mass is 9.77. The zero-order chi connectivity index (χ0) is 43.9. The van der Waals surface area contributed by atoms with E-state index in [9.17, 15) is 14.4 Å². The van der Waals surface area contributed by atoms with Crippen molar-refractivity contribution in [2.24, 2.45) is 5.16 Å². The van der Waals surface area contributed by atoms with E-state index in [1.54, 1.807) is 5.38 Å². The number of hydrogen-bond acceptors (Lipinski definition) is 11. The van der Waals surface area contributed by atoms with Crippen LogP contribution in [0.2, 0.25) is 0 Å². The number of thioether (sulfide) groups is 1. The summed E-state index contributed by atoms with van der Waals surface area (Å²) < 4.78 is 12.0. The lowest BCUT2D eigenvalue weighted by Gasteiger charge is -2.49. The minimum atomic E-state index is -0.995. The van der Waals surface area contributed by atoms with Gasteiger partial charge in [-0.3, -0.25) is 14.5 Å². The second-order valence-corrected chi connectivity index (χ2v) is 17.6. The Balaban J connectivity index is 0.994. The number of carbonyl (C=O) groups is 3. The number of benzene rings is 5. The van der Waals surface area contributed by atoms with Gasteiger partial charge in [0, 0.05) is 23.4 Å². The average Bonchev–Trinajstić information content (AvgIpc) is 3.83. The van der Waals surface area contributed by atoms with Crippen molar-refractivity contribution in [1.29, 1.82) is 0 Å². The summed E-state index contributed by atoms with van der Waals surface area (Å²) >= 11 is 9.13. The van der Waals surface area contributed by atoms with Crippen LogP contribution in [0.3, 0.4) is 0 Å². The Bertz CT molecular complexity index is 2490. The lowest BCUT2D eigenvalue weighted by Crippen LogP contribution is -2.71. The number of esters is 1. The second kappa shape index (κ2) is 19.6. The number of halogens is 1. The molecular weight excluding hydrogens is 866 g/mol. The summed E-state index contributed by atoms with van der Waals surface area (Å²) in [4.78, 5) is 55.0. The molecular formula is C50H44ClN5O6S2. The van der Waals surface area contributed by atoms with Gasteiger partial charge in [0.2, 0.25) is 6.29 Å². The van der Waals surface area contributed by atoms with Gasteiger partial charge in [-0.05, 0) is 46.2 Å². The molecule has 64 heavy (non-hydrogen) atoms. The van der Waals surface area contributed by atoms with Crippen molar-refractivity contribution < 1.29 is 28.7 Å². The molecule has 0 saturated carbocycles. The molecule has 3 unspecified atom stereocenters. The number of fused-ring (bicyclic) bond motifs is 1. The summed E-state index contributed by atoms with van der Waals surface area (Å²) in [6, 6.07) is 48.2. The second-order valence-electron chi connectivity index (χ2n) is 15.4. The van der Waals surface area contributed by atoms with Crippen LogP contribution in [0, 0.1) is 0 Å². The molecule has 1 aromatic heterocycles. The Labute approximate surface area is 384 Å². The highest BCUT2D eigenvalue weighted by Crippen LogP contribution is 2.43. The van der Waals surface area contributed by atoms with E-state index in [1.807, 2.05) is 115 Å². The van der Waals surface area contributed by atoms with Crippen molar-refractivity contribution in [3.05, 3.63) is 202 Å². The number of hydrogen-bond donors (Lipinski definition) is 2. The third-order valence-corrected chi connectivity index (χ3v) is 13.8. The molecule has 2 N–H and O–H groups in total. The van der Waals surface area contributed by atoms with Gasteiger partial charge in [-0.2, -0.15) is 0 Å². The van der Waals surface area contributed by atoms with Crippen LogP contribution in [0.15, 0.2) is 173 Å². The van der Waals surface area contributed by atoms with Crippen molar-refractivity contribution in [1.82, 2.24) is 15.2 Å². The molecule has 5 aromatic carbocycles. The van der Waals surface area contributed by atoms with Crippen LogP contribution in [0.25, 0.3) is 0 Å². The summed E-state index contributed by atoms with van der Waals surface area (Å²) in [6.45, 7) is 0.512. The first-order valence-corrected chi connectivity index (χ1v) is 23.5. The molecule has 0 radical (unpaired) electrons. The minimum Gasteiger partial charge on any atom is -0.448 e. The molecule has 3 atom stereocenters. The van der Waals surface area contributed by atoms with Crippen molar-refractivity contribution in [3.63, 3.8) is 0 Å². The Hall–Kier alpha value is -6.25. The van der Waals surface area contributed by atoms with Crippen LogP contribution in [0.1, 0.15) is 58.9 Å². The number of nitrogens with zero attached hydrogens (tertiary/aromatic N) is 3. The largest absolute Gasteiger partial charge is 0.448 e. The number of β-lactam (4-membered cyclic amide) rings is 1. The number of rotatable bonds is 15. The highest BCUT2D eigenvalue weighted by Gasteiger charge is 2.55. The van der Waals surface area contributed by atoms with E-state index in [0.717, 1.165) is 40.7 Å². The number of alkyl halides is 1. The monoisotopic (exact) mass is 909 g/mol. The van der Waals surface area contributed by atoms with Gasteiger partial charge in [-0.25, -0.2) is 9.78 Å². The number of carbonyl (C=O) groups excluding carboxylic acids is 3. The summed E-state index contributed by atoms with van der Waals surface area (Å²) in [7, 11) is 0. The van der Waals surface area contributed by atoms with Crippen LogP contribution in [-0.4, -0.2) is 69.3 Å². The fourth-order valence-electron chi connectivity index (χ4n) is 8.22. The molecule has 324 valence electrons. The van der Waals surface area contributed by atoms with Gasteiger partial charge in [0.05, 0.1) is 6.61 Å². The number of anilines is 1. The van der Waals surface area contributed by atoms with Gasteiger partial charge in [-0.15, -0.1) is 34.7 Å². The first-order chi connectivity index (χ1) is 31.4. The molecule has 0 spiro atoms. The maximum absolute atomic E-state index is 14.5. The maximum Gasteiger partial charge on any atom is 0.356 e. The molecule has 3 aliphatic heterocycles. The fourth-order valence-corrected chi connectivity index (χ4v) is 10.7. The first kappa shape index (κ1) is 43.0. The zero-order valence-corrected chi connectivity index (χ0v) is 36.9. The van der Waals surface area contributed by atoms with Crippen LogP contribution in [0.5, 0.6) is 0 Å². The summed E-state index contributed by atoms with van der Waals surface area (Å²) in [6.07, 6.45) is 1.01. The quantitative estimate of drug-likeness (QED) is 0.0259. The smallest absolute Gasteiger partial charge is 0.356 e. The third-order valence-electron chi connectivity index (χ3n) is 11.4. The average molecular weight is 911 g/mol. The Kier molecular flexibility index (Phi) is 13.2. The number of ether oxygens (including phenoxy) is 2. The Morgan fingerprint density at radius 3 is 1.92 bits per heavy atom. The standard InChI is InChI=1S/C50H44ClN5O6S2/c51-30-35-31-63-47-42(46(58)56(47)43(35)48(59)61-44(33-18-6-1-7-19-33)34-20-8-2-9-21-34)53-45(57)41(55-62-40-28-16-17-29-60-40)39-32-64-49(52-39)54-50(36-22-10-3-11-23-36,37-24-12-4-13-25-37)38-26-14-5-15-27-38/h1-15,18-27,32,40,42,44,47H,16-17,28-31H2,(H,52,54)(H,53,57)/b55-41-. The molecule has 9 rings (SSSR count). The Morgan fingerprint density at radius 2 is 1.39 bits per heavy atom. The van der Waals surface area contributed by atoms with Gasteiger partial charge in [0.25, 0.3) is 11.8 Å². The van der Waals surface area contributed by atoms with Gasteiger partial charge in [0.15, 0.2) is 16.9 Å². The molecule has 6 aromatic rings. The molecule has 3 aliphatic rings. The fraction of sp³-hybridized carbons (Fsp3) is 0.220. The number of aromatic nitrogens is 1. The van der Waals surface area contributed by atoms with E-state index in [4.69, 9.17) is 30.9 Å². The molecule has 11 nitrogen and oxygen atoms in total. The Morgan fingerprint density at radius 1 is 0.828 bits per heavy atom. The number of nitrogens with one attached hydrogen (secondary N) is 2. The van der Waals surface area contributed by atoms with E-state index in [0.29, 0.717) is 29.5 Å². The van der Waals surface area contributed by atoms with Gasteiger partial charge < -0.3 is 24.9 Å². The first-order valence-electron chi connectivity index (χ1n) is 21.0. The van der Waals surface area contributed by atoms with Crippen molar-refractivity contribution in [2.75, 3.05) is 23.6 Å². The lowest BCUT2D eigenvalue weighted by molar-refractivity contribution is -0.162. The highest BCUT2D eigenvalue weighted by molar-refractivity contribution is 8.00. The van der Waals surface area contributed by atoms with Crippen molar-refractivity contribution >= 4 is 63.3 Å². The zero-order valence-electron chi connectivity index (χ0n) is 34.5. The number of oxime groups is 1. The molecule has 0 bridgehead atoms. The number of thiazole rings is 1. The predicted octanol–water partition coefficient (Wildman–Crippen LogP) is 9.02. The van der Waals surface area contributed by atoms with E-state index < -0.39 is 47.1 Å². The molecule has 2 amide bonds. The minimum absolute atomic E-state index is 0.0178. The molecule has 2 fully saturated rings. The van der Waals surface area contributed by atoms with E-state index in [2.05, 4.69) is 52.2 Å². The maximum atomic E-state index is 14.5. The summed E-state index contributed by atoms with van der Waals surface area (Å²) in [5, 5.41) is 12.7. The van der Waals surface area contributed by atoms with Crippen molar-refractivity contribution in [2.45, 2.75) is 48.6 Å². The normalized spacial score (nSPS) is 18.8. The SMILES string of the molecule is O=C(OC(c1ccccc1)c1ccccc1)C1=C(CCl)CSC2C(NC(=O)/C(=N\OC3CCCCO3)c3csc(NC(c4ccccc4)(c4ccccc4)c4ccccc4)n3)C(=O)N12. The summed E-state index contributed by atoms with van der Waals surface area (Å²) in [5.41, 5.74) is 4.39. The van der Waals surface area contributed by atoms with Crippen molar-refractivity contribution in [3.8, 4) is 0 Å². The topological polar surface area (TPSA) is 131 Å². The van der Waals surface area contributed by atoms with E-state index in [-0.39, 0.29) is 23.0 Å². The van der Waals surface area contributed by atoms with Crippen LogP contribution in [0.4, 0.5) is 5.13 Å². The van der Waals surface area contributed by atoms with Crippen LogP contribution in [-0.2, 0) is 34.2 Å². The van der Waals surface area contributed by atoms with Gasteiger partial charge in [0.1, 0.15) is 28.3 Å². The van der Waals surface area contributed by atoms with E-state index >= 15 is 0 Å². The van der Waals surface area contributed by atoms with Gasteiger partial charge in [-0.1, -0.05) is 157 Å². The highest BCUT2D eigenvalue weighted by atomic mass is 35.5. The van der Waals surface area contributed by atoms with Crippen LogP contribution >= 0.6 is 34.7 Å².